The van der Waals surface area contributed by atoms with E-state index in [4.69, 9.17) is 0 Å². The zero-order valence-corrected chi connectivity index (χ0v) is 36.1. The first-order valence-corrected chi connectivity index (χ1v) is 22.9. The summed E-state index contributed by atoms with van der Waals surface area (Å²) in [6.45, 7) is 0. The van der Waals surface area contributed by atoms with Gasteiger partial charge in [0.1, 0.15) is 0 Å². The Hall–Kier alpha value is -8.21. The third-order valence-electron chi connectivity index (χ3n) is 13.0. The summed E-state index contributed by atoms with van der Waals surface area (Å²) >= 11 is 3.37. The van der Waals surface area contributed by atoms with Crippen molar-refractivity contribution in [3.63, 3.8) is 0 Å². The van der Waals surface area contributed by atoms with Crippen LogP contribution in [0.2, 0.25) is 0 Å². The van der Waals surface area contributed by atoms with Crippen molar-refractivity contribution in [1.82, 2.24) is 9.13 Å². The fraction of sp³-hybridized carbons (Fsp3) is 0.0175. The van der Waals surface area contributed by atoms with Crippen LogP contribution in [0.15, 0.2) is 176 Å². The van der Waals surface area contributed by atoms with Gasteiger partial charge in [-0.15, -0.1) is 22.7 Å². The van der Waals surface area contributed by atoms with Crippen LogP contribution in [-0.2, 0) is 6.18 Å². The number of fused-ring (bicyclic) bond motifs is 14. The van der Waals surface area contributed by atoms with Crippen molar-refractivity contribution < 1.29 is 13.2 Å². The fourth-order valence-corrected chi connectivity index (χ4v) is 12.7. The van der Waals surface area contributed by atoms with Gasteiger partial charge in [0.2, 0.25) is 0 Å². The molecule has 0 saturated carbocycles. The van der Waals surface area contributed by atoms with Crippen LogP contribution in [0.5, 0.6) is 0 Å². The normalized spacial score (nSPS) is 12.1. The minimum absolute atomic E-state index is 0.0899. The number of thiophene rings is 2. The molecule has 0 aliphatic heterocycles. The van der Waals surface area contributed by atoms with Gasteiger partial charge < -0.3 is 9.13 Å². The molecular formula is C57H29F3N4S2. The van der Waals surface area contributed by atoms with Crippen LogP contribution in [0.1, 0.15) is 16.7 Å². The van der Waals surface area contributed by atoms with Gasteiger partial charge in [0, 0.05) is 84.1 Å². The van der Waals surface area contributed by atoms with Gasteiger partial charge in [-0.25, -0.2) is 0 Å². The maximum Gasteiger partial charge on any atom is 0.417 e. The monoisotopic (exact) mass is 890 g/mol. The predicted octanol–water partition coefficient (Wildman–Crippen LogP) is 16.7. The van der Waals surface area contributed by atoms with E-state index in [1.54, 1.807) is 71.2 Å². The largest absolute Gasteiger partial charge is 0.417 e. The Balaban J connectivity index is 1.31. The number of para-hydroxylation sites is 2. The molecule has 0 fully saturated rings. The smallest absolute Gasteiger partial charge is 0.308 e. The summed E-state index contributed by atoms with van der Waals surface area (Å²) in [6.07, 6.45) is -5.01. The van der Waals surface area contributed by atoms with Crippen molar-refractivity contribution >= 4 is 107 Å². The Morgan fingerprint density at radius 2 is 0.788 bits per heavy atom. The van der Waals surface area contributed by atoms with E-state index in [-0.39, 0.29) is 44.8 Å². The molecule has 9 aromatic carbocycles. The van der Waals surface area contributed by atoms with E-state index < -0.39 is 11.7 Å². The maximum atomic E-state index is 17.2. The van der Waals surface area contributed by atoms with Crippen LogP contribution in [0.4, 0.5) is 13.2 Å². The van der Waals surface area contributed by atoms with Gasteiger partial charge >= 0.3 is 6.18 Å². The van der Waals surface area contributed by atoms with Gasteiger partial charge in [-0.1, -0.05) is 109 Å². The topological polar surface area (TPSA) is 57.4 Å². The molecule has 0 amide bonds. The molecule has 0 aliphatic carbocycles. The number of alkyl halides is 3. The highest BCUT2D eigenvalue weighted by Gasteiger charge is 2.42. The Labute approximate surface area is 382 Å². The number of nitrogens with zero attached hydrogens (tertiary/aromatic N) is 4. The third kappa shape index (κ3) is 5.30. The van der Waals surface area contributed by atoms with Gasteiger partial charge in [-0.05, 0) is 66.7 Å². The van der Waals surface area contributed by atoms with Crippen molar-refractivity contribution in [2.45, 2.75) is 6.18 Å². The quantitative estimate of drug-likeness (QED) is 0.177. The average molecular weight is 891 g/mol. The molecule has 0 bridgehead atoms. The summed E-state index contributed by atoms with van der Waals surface area (Å²) < 4.78 is 59.7. The third-order valence-corrected chi connectivity index (χ3v) is 15.3. The first-order chi connectivity index (χ1) is 32.3. The lowest BCUT2D eigenvalue weighted by Crippen LogP contribution is -2.16. The molecule has 0 radical (unpaired) electrons. The highest BCUT2D eigenvalue weighted by atomic mass is 32.1. The molecule has 0 unspecified atom stereocenters. The predicted molar refractivity (Wildman–Crippen MR) is 266 cm³/mol. The van der Waals surface area contributed by atoms with E-state index in [9.17, 15) is 10.5 Å². The molecule has 0 spiro atoms. The fourth-order valence-electron chi connectivity index (χ4n) is 10.5. The van der Waals surface area contributed by atoms with Crippen molar-refractivity contribution in [1.29, 1.82) is 10.5 Å². The van der Waals surface area contributed by atoms with Crippen molar-refractivity contribution in [3.05, 3.63) is 193 Å². The lowest BCUT2D eigenvalue weighted by Gasteiger charge is -2.27. The van der Waals surface area contributed by atoms with Crippen LogP contribution in [0, 0.1) is 22.7 Å². The molecule has 4 heterocycles. The summed E-state index contributed by atoms with van der Waals surface area (Å²) in [7, 11) is 0. The SMILES string of the molecule is N#Cc1ccccc1-c1c(-n2c3ccccc3c3c4c(ccc32)sc2ccccc24)cc(-n2c3ccccc3c3c4c(ccc32)sc2ccccc24)c(-c2ccccc2C#N)c1C(F)(F)F. The maximum absolute atomic E-state index is 17.2. The van der Waals surface area contributed by atoms with Crippen LogP contribution in [-0.4, -0.2) is 9.13 Å². The number of benzene rings is 9. The second kappa shape index (κ2) is 14.1. The molecule has 0 saturated heterocycles. The number of nitriles is 2. The van der Waals surface area contributed by atoms with Crippen LogP contribution < -0.4 is 0 Å². The molecule has 13 rings (SSSR count). The van der Waals surface area contributed by atoms with E-state index in [1.807, 2.05) is 100 Å². The van der Waals surface area contributed by atoms with Gasteiger partial charge in [-0.2, -0.15) is 23.7 Å². The molecule has 0 N–H and O–H groups in total. The molecule has 4 nitrogen and oxygen atoms in total. The zero-order chi connectivity index (χ0) is 44.4. The molecule has 66 heavy (non-hydrogen) atoms. The van der Waals surface area contributed by atoms with Gasteiger partial charge in [0.15, 0.2) is 0 Å². The lowest BCUT2D eigenvalue weighted by molar-refractivity contribution is -0.136. The first-order valence-electron chi connectivity index (χ1n) is 21.3. The molecule has 13 aromatic rings. The van der Waals surface area contributed by atoms with Crippen LogP contribution in [0.25, 0.3) is 118 Å². The Morgan fingerprint density at radius 3 is 1.23 bits per heavy atom. The summed E-state index contributed by atoms with van der Waals surface area (Å²) in [5.41, 5.74) is 2.55. The Bertz CT molecular complexity index is 4050. The molecule has 0 atom stereocenters. The minimum atomic E-state index is -5.01. The van der Waals surface area contributed by atoms with E-state index in [0.717, 1.165) is 72.9 Å². The number of hydrogen-bond acceptors (Lipinski definition) is 4. The summed E-state index contributed by atoms with van der Waals surface area (Å²) in [6, 6.07) is 59.7. The van der Waals surface area contributed by atoms with E-state index in [1.165, 1.54) is 0 Å². The lowest BCUT2D eigenvalue weighted by atomic mass is 9.85. The van der Waals surface area contributed by atoms with Crippen molar-refractivity contribution in [2.75, 3.05) is 0 Å². The molecule has 4 aromatic heterocycles. The van der Waals surface area contributed by atoms with Gasteiger partial charge in [0.25, 0.3) is 0 Å². The van der Waals surface area contributed by atoms with Gasteiger partial charge in [-0.3, -0.25) is 0 Å². The van der Waals surface area contributed by atoms with E-state index in [0.29, 0.717) is 11.0 Å². The first kappa shape index (κ1) is 38.3. The highest BCUT2D eigenvalue weighted by molar-refractivity contribution is 7.26. The van der Waals surface area contributed by atoms with Gasteiger partial charge in [0.05, 0.1) is 62.3 Å². The summed E-state index contributed by atoms with van der Waals surface area (Å²) in [4.78, 5) is 0. The van der Waals surface area contributed by atoms with E-state index in [2.05, 4.69) is 48.5 Å². The summed E-state index contributed by atoms with van der Waals surface area (Å²) in [5, 5.41) is 29.2. The minimum Gasteiger partial charge on any atom is -0.308 e. The zero-order valence-electron chi connectivity index (χ0n) is 34.5. The molecule has 9 heteroatoms. The molecule has 310 valence electrons. The number of aromatic nitrogens is 2. The average Bonchev–Trinajstić information content (AvgIpc) is 4.10. The number of rotatable bonds is 4. The van der Waals surface area contributed by atoms with Crippen molar-refractivity contribution in [2.24, 2.45) is 0 Å². The molecular weight excluding hydrogens is 862 g/mol. The van der Waals surface area contributed by atoms with E-state index >= 15 is 13.2 Å². The standard InChI is InChI=1S/C57H29F3N4S2/c58-57(59,60)56-52(34-15-3-1-13-32(34)30-61)44(63-40-21-9-5-17-36(40)50-42(63)25-27-48-54(50)38-19-7-11-23-46(38)65-48)29-45(53(56)35-16-4-2-14-33(35)31-62)64-41-22-10-6-18-37(41)51-43(64)26-28-49-55(51)39-20-8-12-24-47(39)66-49/h1-29H. The second-order valence-electron chi connectivity index (χ2n) is 16.4. The molecule has 0 aliphatic rings. The highest BCUT2D eigenvalue weighted by Crippen LogP contribution is 2.54. The second-order valence-corrected chi connectivity index (χ2v) is 18.6. The Kier molecular flexibility index (Phi) is 8.20. The van der Waals surface area contributed by atoms with Crippen molar-refractivity contribution in [3.8, 4) is 45.8 Å². The Morgan fingerprint density at radius 1 is 0.394 bits per heavy atom. The summed E-state index contributed by atoms with van der Waals surface area (Å²) in [5.74, 6) is 0. The van der Waals surface area contributed by atoms with Crippen LogP contribution in [0.3, 0.4) is 0 Å². The number of halogens is 3. The van der Waals surface area contributed by atoms with Crippen LogP contribution >= 0.6 is 22.7 Å². The number of hydrogen-bond donors (Lipinski definition) is 0.